The van der Waals surface area contributed by atoms with Crippen LogP contribution in [0.4, 0.5) is 0 Å². The second kappa shape index (κ2) is 6.39. The Balaban J connectivity index is 1.80. The average Bonchev–Trinajstić information content (AvgIpc) is 2.94. The molecule has 0 aliphatic carbocycles. The molecule has 7 heteroatoms. The standard InChI is InChI=1S/C17H21N3O3S/c1-3-24(22,23)15-7-5-4-6-14(15)17(21)19-13-8-9-16-18-12(2)10-20(16)11-13/h4-7,10,13H,3,8-9,11H2,1-2H3,(H,19,21)/t13-/m1/s1. The number of amides is 1. The minimum absolute atomic E-state index is 0.0294. The van der Waals surface area contributed by atoms with E-state index in [-0.39, 0.29) is 28.2 Å². The third-order valence-electron chi connectivity index (χ3n) is 4.30. The lowest BCUT2D eigenvalue weighted by atomic mass is 10.1. The van der Waals surface area contributed by atoms with Crippen molar-refractivity contribution in [1.29, 1.82) is 0 Å². The van der Waals surface area contributed by atoms with Gasteiger partial charge in [-0.05, 0) is 25.5 Å². The second-order valence-corrected chi connectivity index (χ2v) is 8.31. The van der Waals surface area contributed by atoms with E-state index < -0.39 is 9.84 Å². The van der Waals surface area contributed by atoms with Gasteiger partial charge in [0.2, 0.25) is 0 Å². The van der Waals surface area contributed by atoms with Gasteiger partial charge < -0.3 is 9.88 Å². The van der Waals surface area contributed by atoms with Gasteiger partial charge in [-0.3, -0.25) is 4.79 Å². The Morgan fingerprint density at radius 2 is 2.12 bits per heavy atom. The smallest absolute Gasteiger partial charge is 0.252 e. The Morgan fingerprint density at radius 3 is 2.88 bits per heavy atom. The van der Waals surface area contributed by atoms with Crippen LogP contribution < -0.4 is 5.32 Å². The highest BCUT2D eigenvalue weighted by Gasteiger charge is 2.25. The van der Waals surface area contributed by atoms with Crippen LogP contribution in [-0.2, 0) is 22.8 Å². The van der Waals surface area contributed by atoms with Crippen molar-refractivity contribution in [3.63, 3.8) is 0 Å². The molecule has 1 aliphatic heterocycles. The van der Waals surface area contributed by atoms with Crippen LogP contribution in [0.1, 0.15) is 35.2 Å². The van der Waals surface area contributed by atoms with Gasteiger partial charge in [-0.1, -0.05) is 19.1 Å². The molecule has 1 aromatic carbocycles. The van der Waals surface area contributed by atoms with Crippen molar-refractivity contribution in [2.24, 2.45) is 0 Å². The van der Waals surface area contributed by atoms with Gasteiger partial charge in [-0.15, -0.1) is 0 Å². The van der Waals surface area contributed by atoms with Crippen LogP contribution in [0.3, 0.4) is 0 Å². The third-order valence-corrected chi connectivity index (χ3v) is 6.08. The fourth-order valence-electron chi connectivity index (χ4n) is 3.05. The summed E-state index contributed by atoms with van der Waals surface area (Å²) in [5.74, 6) is 0.665. The highest BCUT2D eigenvalue weighted by molar-refractivity contribution is 7.91. The molecule has 1 atom stereocenters. The summed E-state index contributed by atoms with van der Waals surface area (Å²) in [5.41, 5.74) is 1.18. The van der Waals surface area contributed by atoms with Crippen molar-refractivity contribution in [3.8, 4) is 0 Å². The molecular formula is C17H21N3O3S. The van der Waals surface area contributed by atoms with E-state index >= 15 is 0 Å². The number of fused-ring (bicyclic) bond motifs is 1. The zero-order valence-corrected chi connectivity index (χ0v) is 14.6. The van der Waals surface area contributed by atoms with E-state index in [2.05, 4.69) is 14.9 Å². The van der Waals surface area contributed by atoms with E-state index in [9.17, 15) is 13.2 Å². The maximum Gasteiger partial charge on any atom is 0.252 e. The average molecular weight is 347 g/mol. The van der Waals surface area contributed by atoms with Gasteiger partial charge in [0, 0.05) is 25.2 Å². The predicted molar refractivity (Wildman–Crippen MR) is 90.7 cm³/mol. The summed E-state index contributed by atoms with van der Waals surface area (Å²) >= 11 is 0. The van der Waals surface area contributed by atoms with Crippen LogP contribution in [0.2, 0.25) is 0 Å². The number of rotatable bonds is 4. The summed E-state index contributed by atoms with van der Waals surface area (Å²) in [4.78, 5) is 17.2. The first-order valence-corrected chi connectivity index (χ1v) is 9.71. The Kier molecular flexibility index (Phi) is 4.45. The van der Waals surface area contributed by atoms with Crippen molar-refractivity contribution < 1.29 is 13.2 Å². The van der Waals surface area contributed by atoms with Crippen LogP contribution in [-0.4, -0.2) is 35.7 Å². The lowest BCUT2D eigenvalue weighted by Crippen LogP contribution is -2.41. The Bertz CT molecular complexity index is 871. The van der Waals surface area contributed by atoms with E-state index in [1.54, 1.807) is 25.1 Å². The molecule has 0 saturated heterocycles. The summed E-state index contributed by atoms with van der Waals surface area (Å²) in [5, 5.41) is 2.97. The molecule has 1 aliphatic rings. The molecule has 6 nitrogen and oxygen atoms in total. The Hall–Kier alpha value is -2.15. The lowest BCUT2D eigenvalue weighted by molar-refractivity contribution is 0.0924. The topological polar surface area (TPSA) is 81.1 Å². The second-order valence-electron chi connectivity index (χ2n) is 6.06. The minimum atomic E-state index is -3.44. The molecule has 24 heavy (non-hydrogen) atoms. The van der Waals surface area contributed by atoms with Crippen LogP contribution in [0.15, 0.2) is 35.4 Å². The minimum Gasteiger partial charge on any atom is -0.347 e. The van der Waals surface area contributed by atoms with Gasteiger partial charge in [0.25, 0.3) is 5.91 Å². The van der Waals surface area contributed by atoms with Gasteiger partial charge >= 0.3 is 0 Å². The molecule has 0 spiro atoms. The highest BCUT2D eigenvalue weighted by Crippen LogP contribution is 2.19. The predicted octanol–water partition coefficient (Wildman–Crippen LogP) is 1.73. The van der Waals surface area contributed by atoms with Crippen molar-refractivity contribution in [1.82, 2.24) is 14.9 Å². The number of nitrogens with zero attached hydrogens (tertiary/aromatic N) is 2. The SMILES string of the molecule is CCS(=O)(=O)c1ccccc1C(=O)N[C@@H]1CCc2nc(C)cn2C1. The molecular weight excluding hydrogens is 326 g/mol. The number of carbonyl (C=O) groups is 1. The first kappa shape index (κ1) is 16.7. The largest absolute Gasteiger partial charge is 0.347 e. The Labute approximate surface area is 141 Å². The fourth-order valence-corrected chi connectivity index (χ4v) is 4.14. The highest BCUT2D eigenvalue weighted by atomic mass is 32.2. The van der Waals surface area contributed by atoms with Crippen LogP contribution in [0.5, 0.6) is 0 Å². The summed E-state index contributed by atoms with van der Waals surface area (Å²) in [6.45, 7) is 4.18. The van der Waals surface area contributed by atoms with E-state index in [1.165, 1.54) is 6.07 Å². The van der Waals surface area contributed by atoms with Crippen molar-refractivity contribution in [2.45, 2.75) is 44.2 Å². The van der Waals surface area contributed by atoms with Gasteiger partial charge in [0.15, 0.2) is 9.84 Å². The molecule has 128 valence electrons. The number of carbonyl (C=O) groups excluding carboxylic acids is 1. The Morgan fingerprint density at radius 1 is 1.38 bits per heavy atom. The molecule has 0 bridgehead atoms. The van der Waals surface area contributed by atoms with Crippen molar-refractivity contribution >= 4 is 15.7 Å². The quantitative estimate of drug-likeness (QED) is 0.913. The van der Waals surface area contributed by atoms with Crippen molar-refractivity contribution in [2.75, 3.05) is 5.75 Å². The van der Waals surface area contributed by atoms with E-state index in [0.717, 1.165) is 24.4 Å². The number of imidazole rings is 1. The monoisotopic (exact) mass is 347 g/mol. The number of hydrogen-bond acceptors (Lipinski definition) is 4. The summed E-state index contributed by atoms with van der Waals surface area (Å²) in [6, 6.07) is 6.35. The molecule has 0 radical (unpaired) electrons. The molecule has 0 unspecified atom stereocenters. The molecule has 3 rings (SSSR count). The first-order chi connectivity index (χ1) is 11.4. The molecule has 1 amide bonds. The number of nitrogens with one attached hydrogen (secondary N) is 1. The molecule has 0 saturated carbocycles. The van der Waals surface area contributed by atoms with Crippen LogP contribution in [0.25, 0.3) is 0 Å². The molecule has 2 aromatic rings. The van der Waals surface area contributed by atoms with Crippen molar-refractivity contribution in [3.05, 3.63) is 47.5 Å². The number of aromatic nitrogens is 2. The van der Waals surface area contributed by atoms with Gasteiger partial charge in [-0.2, -0.15) is 0 Å². The lowest BCUT2D eigenvalue weighted by Gasteiger charge is -2.25. The number of hydrogen-bond donors (Lipinski definition) is 1. The van der Waals surface area contributed by atoms with E-state index in [0.29, 0.717) is 6.54 Å². The summed E-state index contributed by atoms with van der Waals surface area (Å²) in [6.07, 6.45) is 3.57. The van der Waals surface area contributed by atoms with E-state index in [4.69, 9.17) is 0 Å². The maximum atomic E-state index is 12.6. The zero-order valence-electron chi connectivity index (χ0n) is 13.8. The fraction of sp³-hybridized carbons (Fsp3) is 0.412. The van der Waals surface area contributed by atoms with E-state index in [1.807, 2.05) is 13.1 Å². The molecule has 1 aromatic heterocycles. The normalized spacial score (nSPS) is 17.3. The number of aryl methyl sites for hydroxylation is 2. The third kappa shape index (κ3) is 3.21. The summed E-state index contributed by atoms with van der Waals surface area (Å²) in [7, 11) is -3.44. The van der Waals surface area contributed by atoms with Crippen LogP contribution in [0, 0.1) is 6.92 Å². The molecule has 0 fully saturated rings. The van der Waals surface area contributed by atoms with Gasteiger partial charge in [0.1, 0.15) is 5.82 Å². The van der Waals surface area contributed by atoms with Crippen LogP contribution >= 0.6 is 0 Å². The molecule has 2 heterocycles. The number of benzene rings is 1. The summed E-state index contributed by atoms with van der Waals surface area (Å²) < 4.78 is 26.4. The first-order valence-electron chi connectivity index (χ1n) is 8.06. The van der Waals surface area contributed by atoms with Gasteiger partial charge in [-0.25, -0.2) is 13.4 Å². The maximum absolute atomic E-state index is 12.6. The molecule has 1 N–H and O–H groups in total. The van der Waals surface area contributed by atoms with Gasteiger partial charge in [0.05, 0.1) is 21.9 Å². The zero-order chi connectivity index (χ0) is 17.3. The number of sulfone groups is 1.